The molecule has 0 unspecified atom stereocenters. The molecule has 0 aromatic rings. The summed E-state index contributed by atoms with van der Waals surface area (Å²) in [5.74, 6) is 0. The van der Waals surface area contributed by atoms with Crippen molar-refractivity contribution in [3.8, 4) is 0 Å². The molecule has 2 nitrogen and oxygen atoms in total. The van der Waals surface area contributed by atoms with Gasteiger partial charge in [-0.3, -0.25) is 0 Å². The van der Waals surface area contributed by atoms with Crippen LogP contribution in [0, 0.1) is 0 Å². The Balaban J connectivity index is 1.59. The van der Waals surface area contributed by atoms with Crippen LogP contribution >= 0.6 is 65.7 Å². The van der Waals surface area contributed by atoms with Crippen molar-refractivity contribution in [1.82, 2.24) is 9.80 Å². The summed E-state index contributed by atoms with van der Waals surface area (Å²) in [4.78, 5) is 4.75. The molecule has 0 spiro atoms. The van der Waals surface area contributed by atoms with E-state index in [2.05, 4.69) is 9.80 Å². The van der Waals surface area contributed by atoms with Crippen molar-refractivity contribution in [1.29, 1.82) is 0 Å². The molecule has 2 rings (SSSR count). The maximum absolute atomic E-state index is 5.56. The van der Waals surface area contributed by atoms with E-state index in [4.69, 9.17) is 24.4 Å². The lowest BCUT2D eigenvalue weighted by Crippen LogP contribution is -2.27. The van der Waals surface area contributed by atoms with E-state index in [1.165, 1.54) is 51.4 Å². The predicted molar refractivity (Wildman–Crippen MR) is 116 cm³/mol. The zero-order chi connectivity index (χ0) is 15.6. The first-order chi connectivity index (χ1) is 10.8. The minimum absolute atomic E-state index is 1.04. The smallest absolute Gasteiger partial charge is 0.147 e. The van der Waals surface area contributed by atoms with Crippen molar-refractivity contribution in [3.05, 3.63) is 0 Å². The van der Waals surface area contributed by atoms with Gasteiger partial charge in [0, 0.05) is 26.2 Å². The minimum Gasteiger partial charge on any atom is -0.357 e. The molecule has 2 fully saturated rings. The zero-order valence-electron chi connectivity index (χ0n) is 12.8. The average molecular weight is 413 g/mol. The first-order valence-electron chi connectivity index (χ1n) is 8.03. The minimum atomic E-state index is 1.04. The van der Waals surface area contributed by atoms with E-state index in [-0.39, 0.29) is 0 Å². The quantitative estimate of drug-likeness (QED) is 0.313. The molecule has 0 atom stereocenters. The molecule has 0 bridgehead atoms. The van der Waals surface area contributed by atoms with Crippen molar-refractivity contribution < 1.29 is 0 Å². The second-order valence-electron chi connectivity index (χ2n) is 5.64. The molecule has 2 aliphatic heterocycles. The van der Waals surface area contributed by atoms with Crippen LogP contribution in [-0.2, 0) is 0 Å². The molecule has 126 valence electrons. The van der Waals surface area contributed by atoms with Crippen molar-refractivity contribution in [2.45, 2.75) is 51.4 Å². The van der Waals surface area contributed by atoms with E-state index < -0.39 is 0 Å². The highest BCUT2D eigenvalue weighted by molar-refractivity contribution is 9.29. The monoisotopic (exact) mass is 412 g/mol. The topological polar surface area (TPSA) is 6.48 Å². The van der Waals surface area contributed by atoms with Crippen LogP contribution in [-0.4, -0.2) is 44.6 Å². The third-order valence-electron chi connectivity index (χ3n) is 3.97. The molecule has 0 aliphatic carbocycles. The van der Waals surface area contributed by atoms with E-state index in [0.29, 0.717) is 0 Å². The van der Waals surface area contributed by atoms with Crippen LogP contribution in [0.5, 0.6) is 0 Å². The highest BCUT2D eigenvalue weighted by atomic mass is 33.7. The number of thiocarbonyl (C=S) groups is 2. The molecule has 0 aromatic carbocycles. The van der Waals surface area contributed by atoms with Gasteiger partial charge < -0.3 is 9.80 Å². The Hall–Kier alpha value is 1.18. The first-order valence-corrected chi connectivity index (χ1v) is 13.7. The van der Waals surface area contributed by atoms with E-state index in [1.54, 1.807) is 41.2 Å². The summed E-state index contributed by atoms with van der Waals surface area (Å²) in [5.41, 5.74) is 0. The number of likely N-dealkylation sites (tertiary alicyclic amines) is 2. The molecule has 0 amide bonds. The molecule has 22 heavy (non-hydrogen) atoms. The summed E-state index contributed by atoms with van der Waals surface area (Å²) < 4.78 is 2.08. The Morgan fingerprint density at radius 1 is 0.545 bits per heavy atom. The molecule has 0 N–H and O–H groups in total. The summed E-state index contributed by atoms with van der Waals surface area (Å²) in [6, 6.07) is 0. The van der Waals surface area contributed by atoms with Crippen molar-refractivity contribution >= 4 is 74.3 Å². The van der Waals surface area contributed by atoms with Gasteiger partial charge >= 0.3 is 0 Å². The molecule has 0 radical (unpaired) electrons. The van der Waals surface area contributed by atoms with Gasteiger partial charge in [-0.2, -0.15) is 0 Å². The summed E-state index contributed by atoms with van der Waals surface area (Å²) in [5, 5.41) is 0. The van der Waals surface area contributed by atoms with Crippen LogP contribution in [0.15, 0.2) is 0 Å². The van der Waals surface area contributed by atoms with Gasteiger partial charge in [-0.1, -0.05) is 50.1 Å². The molecular formula is C14H24N2S6. The fourth-order valence-corrected chi connectivity index (χ4v) is 9.51. The summed E-state index contributed by atoms with van der Waals surface area (Å²) in [6.07, 6.45) is 10.5. The predicted octanol–water partition coefficient (Wildman–Crippen LogP) is 5.99. The van der Waals surface area contributed by atoms with Crippen LogP contribution in [0.3, 0.4) is 0 Å². The number of rotatable bonds is 3. The Morgan fingerprint density at radius 2 is 0.864 bits per heavy atom. The van der Waals surface area contributed by atoms with E-state index in [9.17, 15) is 0 Å². The van der Waals surface area contributed by atoms with Gasteiger partial charge in [0.1, 0.15) is 8.64 Å². The summed E-state index contributed by atoms with van der Waals surface area (Å²) in [7, 11) is 6.96. The maximum atomic E-state index is 5.56. The van der Waals surface area contributed by atoms with Gasteiger partial charge in [-0.25, -0.2) is 0 Å². The lowest BCUT2D eigenvalue weighted by molar-refractivity contribution is 0.450. The van der Waals surface area contributed by atoms with E-state index >= 15 is 0 Å². The summed E-state index contributed by atoms with van der Waals surface area (Å²) in [6.45, 7) is 4.54. The fourth-order valence-electron chi connectivity index (χ4n) is 2.70. The Bertz CT molecular complexity index is 315. The third-order valence-corrected chi connectivity index (χ3v) is 11.4. The standard InChI is InChI=1S/C14H24N2S6/c17-13(15-9-5-1-2-6-10-15)19-21-22-20-14(18)16-11-7-3-4-8-12-16/h1-12H2. The van der Waals surface area contributed by atoms with E-state index in [1.807, 2.05) is 0 Å². The zero-order valence-corrected chi connectivity index (χ0v) is 17.7. The number of hydrogen-bond donors (Lipinski definition) is 0. The second kappa shape index (κ2) is 11.7. The van der Waals surface area contributed by atoms with Gasteiger partial charge in [0.2, 0.25) is 0 Å². The van der Waals surface area contributed by atoms with Gasteiger partial charge in [0.25, 0.3) is 0 Å². The molecule has 0 aromatic heterocycles. The van der Waals surface area contributed by atoms with Crippen LogP contribution < -0.4 is 0 Å². The third kappa shape index (κ3) is 7.38. The SMILES string of the molecule is S=C(SSSSC(=S)N1CCCCCC1)N1CCCCCC1. The number of hydrogen-bond acceptors (Lipinski definition) is 6. The lowest BCUT2D eigenvalue weighted by Gasteiger charge is -2.23. The molecule has 2 aliphatic rings. The van der Waals surface area contributed by atoms with Gasteiger partial charge in [-0.05, 0) is 66.9 Å². The van der Waals surface area contributed by atoms with E-state index in [0.717, 1.165) is 34.8 Å². The lowest BCUT2D eigenvalue weighted by atomic mass is 10.2. The van der Waals surface area contributed by atoms with Crippen LogP contribution in [0.25, 0.3) is 0 Å². The maximum Gasteiger partial charge on any atom is 0.147 e. The molecule has 0 saturated carbocycles. The Labute approximate surface area is 160 Å². The van der Waals surface area contributed by atoms with Crippen LogP contribution in [0.4, 0.5) is 0 Å². The van der Waals surface area contributed by atoms with Gasteiger partial charge in [-0.15, -0.1) is 0 Å². The number of nitrogens with zero attached hydrogens (tertiary/aromatic N) is 2. The van der Waals surface area contributed by atoms with Crippen molar-refractivity contribution in [2.24, 2.45) is 0 Å². The molecule has 2 heterocycles. The Kier molecular flexibility index (Phi) is 10.4. The highest BCUT2D eigenvalue weighted by Gasteiger charge is 2.15. The Morgan fingerprint density at radius 3 is 1.18 bits per heavy atom. The average Bonchev–Trinajstić information content (AvgIpc) is 2.95. The highest BCUT2D eigenvalue weighted by Crippen LogP contribution is 2.45. The van der Waals surface area contributed by atoms with Crippen molar-refractivity contribution in [2.75, 3.05) is 26.2 Å². The van der Waals surface area contributed by atoms with Crippen LogP contribution in [0.2, 0.25) is 0 Å². The second-order valence-corrected chi connectivity index (χ2v) is 12.6. The van der Waals surface area contributed by atoms with Gasteiger partial charge in [0.05, 0.1) is 0 Å². The van der Waals surface area contributed by atoms with Crippen LogP contribution in [0.1, 0.15) is 51.4 Å². The molecular weight excluding hydrogens is 389 g/mol. The van der Waals surface area contributed by atoms with Gasteiger partial charge in [0.15, 0.2) is 0 Å². The normalized spacial score (nSPS) is 20.4. The molecule has 2 saturated heterocycles. The fraction of sp³-hybridized carbons (Fsp3) is 0.857. The van der Waals surface area contributed by atoms with Crippen molar-refractivity contribution in [3.63, 3.8) is 0 Å². The largest absolute Gasteiger partial charge is 0.357 e. The summed E-state index contributed by atoms with van der Waals surface area (Å²) >= 11 is 11.1. The first kappa shape index (κ1) is 19.5. The molecule has 8 heteroatoms.